The largest absolute Gasteiger partial charge is 0.383 e. The molecule has 3 aromatic carbocycles. The van der Waals surface area contributed by atoms with Crippen LogP contribution in [0.25, 0.3) is 11.6 Å². The summed E-state index contributed by atoms with van der Waals surface area (Å²) >= 11 is 0. The van der Waals surface area contributed by atoms with Crippen molar-refractivity contribution in [1.29, 1.82) is 0 Å². The highest BCUT2D eigenvalue weighted by Gasteiger charge is 2.24. The highest BCUT2D eigenvalue weighted by atomic mass is 16.2. The van der Waals surface area contributed by atoms with E-state index in [1.165, 1.54) is 16.5 Å². The molecule has 0 atom stereocenters. The van der Waals surface area contributed by atoms with Crippen molar-refractivity contribution in [3.05, 3.63) is 129 Å². The number of nitrogens with two attached hydrogens (primary N) is 1. The smallest absolute Gasteiger partial charge is 0.330 e. The molecule has 0 unspecified atom stereocenters. The van der Waals surface area contributed by atoms with Gasteiger partial charge in [0, 0.05) is 12.6 Å². The highest BCUT2D eigenvalue weighted by Crippen LogP contribution is 2.24. The lowest BCUT2D eigenvalue weighted by molar-refractivity contribution is -0.113. The van der Waals surface area contributed by atoms with Gasteiger partial charge >= 0.3 is 5.69 Å². The number of nitrogens with one attached hydrogen (secondary N) is 1. The second kappa shape index (κ2) is 9.87. The monoisotopic (exact) mass is 452 g/mol. The summed E-state index contributed by atoms with van der Waals surface area (Å²) < 4.78 is 1.25. The van der Waals surface area contributed by atoms with E-state index in [1.807, 2.05) is 91.0 Å². The molecule has 0 bridgehead atoms. The van der Waals surface area contributed by atoms with Gasteiger partial charge < -0.3 is 10.6 Å². The summed E-state index contributed by atoms with van der Waals surface area (Å²) in [6, 6.07) is 27.9. The Morgan fingerprint density at radius 2 is 1.47 bits per heavy atom. The van der Waals surface area contributed by atoms with E-state index in [0.29, 0.717) is 11.1 Å². The minimum atomic E-state index is -0.727. The zero-order valence-corrected chi connectivity index (χ0v) is 18.6. The average Bonchev–Trinajstić information content (AvgIpc) is 2.86. The van der Waals surface area contributed by atoms with Gasteiger partial charge in [0.25, 0.3) is 11.5 Å². The van der Waals surface area contributed by atoms with Crippen molar-refractivity contribution < 1.29 is 4.79 Å². The van der Waals surface area contributed by atoms with Crippen molar-refractivity contribution in [3.8, 4) is 0 Å². The second-order valence-electron chi connectivity index (χ2n) is 7.76. The minimum Gasteiger partial charge on any atom is -0.383 e. The molecule has 34 heavy (non-hydrogen) atoms. The van der Waals surface area contributed by atoms with Gasteiger partial charge in [-0.05, 0) is 22.8 Å². The SMILES string of the molecule is CN(C(=O)/C(=C/c1ccccc1)c1ccccc1)c1c(N)n(Cc2ccccc2)c(=O)[nH]c1=O. The summed E-state index contributed by atoms with van der Waals surface area (Å²) in [5.41, 5.74) is 7.58. The second-order valence-corrected chi connectivity index (χ2v) is 7.76. The molecule has 0 aliphatic carbocycles. The van der Waals surface area contributed by atoms with Crippen LogP contribution in [0.15, 0.2) is 101 Å². The normalized spacial score (nSPS) is 11.3. The molecule has 1 heterocycles. The van der Waals surface area contributed by atoms with Crippen LogP contribution in [0.4, 0.5) is 11.5 Å². The maximum Gasteiger partial charge on any atom is 0.330 e. The van der Waals surface area contributed by atoms with Gasteiger partial charge in [-0.2, -0.15) is 0 Å². The van der Waals surface area contributed by atoms with Crippen molar-refractivity contribution in [2.45, 2.75) is 6.54 Å². The lowest BCUT2D eigenvalue weighted by Crippen LogP contribution is -2.39. The first-order valence-electron chi connectivity index (χ1n) is 10.7. The van der Waals surface area contributed by atoms with Crippen LogP contribution in [0, 0.1) is 0 Å². The number of anilines is 2. The summed E-state index contributed by atoms with van der Waals surface area (Å²) in [4.78, 5) is 42.4. The Hall–Kier alpha value is -4.65. The number of carbonyl (C=O) groups is 1. The number of benzene rings is 3. The summed E-state index contributed by atoms with van der Waals surface area (Å²) in [5.74, 6) is -0.516. The van der Waals surface area contributed by atoms with E-state index in [1.54, 1.807) is 6.08 Å². The van der Waals surface area contributed by atoms with E-state index < -0.39 is 17.2 Å². The average molecular weight is 453 g/mol. The van der Waals surface area contributed by atoms with Crippen LogP contribution in [0.1, 0.15) is 16.7 Å². The van der Waals surface area contributed by atoms with Crippen LogP contribution < -0.4 is 21.9 Å². The summed E-state index contributed by atoms with van der Waals surface area (Å²) in [6.07, 6.45) is 1.76. The standard InChI is InChI=1S/C27H24N4O3/c1-30(23-24(28)31(27(34)29-25(23)32)18-20-13-7-3-8-14-20)26(33)22(21-15-9-4-10-16-21)17-19-11-5-2-6-12-19/h2-17H,18,28H2,1H3,(H,29,32,34)/b22-17+. The van der Waals surface area contributed by atoms with Crippen molar-refractivity contribution >= 4 is 29.1 Å². The van der Waals surface area contributed by atoms with Gasteiger partial charge in [-0.1, -0.05) is 91.0 Å². The van der Waals surface area contributed by atoms with Crippen molar-refractivity contribution in [2.75, 3.05) is 17.7 Å². The fourth-order valence-corrected chi connectivity index (χ4v) is 3.71. The summed E-state index contributed by atoms with van der Waals surface area (Å²) in [6.45, 7) is 0.155. The lowest BCUT2D eigenvalue weighted by Gasteiger charge is -2.22. The molecule has 1 aromatic heterocycles. The Kier molecular flexibility index (Phi) is 6.54. The van der Waals surface area contributed by atoms with Gasteiger partial charge in [-0.25, -0.2) is 4.79 Å². The third-order valence-corrected chi connectivity index (χ3v) is 5.46. The number of carbonyl (C=O) groups excluding carboxylic acids is 1. The fraction of sp³-hybridized carbons (Fsp3) is 0.0741. The molecule has 0 fully saturated rings. The van der Waals surface area contributed by atoms with Crippen molar-refractivity contribution in [1.82, 2.24) is 9.55 Å². The van der Waals surface area contributed by atoms with Crippen LogP contribution in [0.3, 0.4) is 0 Å². The van der Waals surface area contributed by atoms with Crippen LogP contribution >= 0.6 is 0 Å². The predicted molar refractivity (Wildman–Crippen MR) is 135 cm³/mol. The first kappa shape index (κ1) is 22.5. The topological polar surface area (TPSA) is 101 Å². The Bertz CT molecular complexity index is 1440. The number of nitrogens with zero attached hydrogens (tertiary/aromatic N) is 2. The number of hydrogen-bond donors (Lipinski definition) is 2. The van der Waals surface area contributed by atoms with Gasteiger partial charge in [-0.3, -0.25) is 19.1 Å². The number of hydrogen-bond acceptors (Lipinski definition) is 4. The zero-order valence-electron chi connectivity index (χ0n) is 18.6. The fourth-order valence-electron chi connectivity index (χ4n) is 3.71. The Morgan fingerprint density at radius 1 is 0.912 bits per heavy atom. The third kappa shape index (κ3) is 4.73. The number of likely N-dealkylation sites (N-methyl/N-ethyl adjacent to an activating group) is 1. The van der Waals surface area contributed by atoms with E-state index in [4.69, 9.17) is 5.73 Å². The molecule has 4 aromatic rings. The van der Waals surface area contributed by atoms with E-state index in [2.05, 4.69) is 4.98 Å². The molecule has 7 nitrogen and oxygen atoms in total. The van der Waals surface area contributed by atoms with E-state index in [-0.39, 0.29) is 18.1 Å². The number of aromatic nitrogens is 2. The molecular formula is C27H24N4O3. The number of amides is 1. The number of rotatable bonds is 6. The Balaban J connectivity index is 1.79. The minimum absolute atomic E-state index is 0.0828. The maximum absolute atomic E-state index is 13.7. The molecular weight excluding hydrogens is 428 g/mol. The van der Waals surface area contributed by atoms with Gasteiger partial charge in [0.15, 0.2) is 5.69 Å². The first-order chi connectivity index (χ1) is 16.5. The molecule has 170 valence electrons. The van der Waals surface area contributed by atoms with Gasteiger partial charge in [-0.15, -0.1) is 0 Å². The van der Waals surface area contributed by atoms with E-state index >= 15 is 0 Å². The quantitative estimate of drug-likeness (QED) is 0.346. The Labute approximate surface area is 196 Å². The molecule has 0 spiro atoms. The first-order valence-corrected chi connectivity index (χ1v) is 10.7. The van der Waals surface area contributed by atoms with Gasteiger partial charge in [0.05, 0.1) is 6.54 Å². The molecule has 7 heteroatoms. The number of aromatic amines is 1. The third-order valence-electron chi connectivity index (χ3n) is 5.46. The summed E-state index contributed by atoms with van der Waals surface area (Å²) in [7, 11) is 1.47. The predicted octanol–water partition coefficient (Wildman–Crippen LogP) is 3.37. The van der Waals surface area contributed by atoms with Crippen molar-refractivity contribution in [2.24, 2.45) is 0 Å². The molecule has 0 radical (unpaired) electrons. The van der Waals surface area contributed by atoms with Crippen molar-refractivity contribution in [3.63, 3.8) is 0 Å². The van der Waals surface area contributed by atoms with E-state index in [9.17, 15) is 14.4 Å². The number of H-pyrrole nitrogens is 1. The number of nitrogen functional groups attached to an aromatic ring is 1. The van der Waals surface area contributed by atoms with Crippen LogP contribution in [-0.4, -0.2) is 22.5 Å². The maximum atomic E-state index is 13.7. The Morgan fingerprint density at radius 3 is 2.09 bits per heavy atom. The molecule has 3 N–H and O–H groups in total. The molecule has 0 saturated carbocycles. The van der Waals surface area contributed by atoms with Gasteiger partial charge in [0.2, 0.25) is 0 Å². The molecule has 1 amide bonds. The molecule has 4 rings (SSSR count). The molecule has 0 aliphatic heterocycles. The lowest BCUT2D eigenvalue weighted by atomic mass is 10.0. The zero-order chi connectivity index (χ0) is 24.1. The molecule has 0 aliphatic rings. The van der Waals surface area contributed by atoms with Crippen LogP contribution in [-0.2, 0) is 11.3 Å². The molecule has 0 saturated heterocycles. The van der Waals surface area contributed by atoms with E-state index in [0.717, 1.165) is 11.1 Å². The van der Waals surface area contributed by atoms with Crippen LogP contribution in [0.5, 0.6) is 0 Å². The van der Waals surface area contributed by atoms with Gasteiger partial charge in [0.1, 0.15) is 5.82 Å². The summed E-state index contributed by atoms with van der Waals surface area (Å²) in [5, 5.41) is 0. The van der Waals surface area contributed by atoms with Crippen LogP contribution in [0.2, 0.25) is 0 Å². The highest BCUT2D eigenvalue weighted by molar-refractivity contribution is 6.30.